The summed E-state index contributed by atoms with van der Waals surface area (Å²) in [5.41, 5.74) is 0. The molecule has 464 valence electrons. The monoisotopic (exact) mass is 1150 g/mol. The summed E-state index contributed by atoms with van der Waals surface area (Å²) in [5.74, 6) is -9.09. The Morgan fingerprint density at radius 1 is 0.444 bits per heavy atom. The number of aliphatic hydroxyl groups excluding tert-OH is 1. The lowest BCUT2D eigenvalue weighted by molar-refractivity contribution is -0.151. The second kappa shape index (κ2) is 33.3. The molecule has 0 aromatic rings. The van der Waals surface area contributed by atoms with E-state index >= 15 is 0 Å². The van der Waals surface area contributed by atoms with Gasteiger partial charge in [-0.05, 0) is 88.4 Å². The van der Waals surface area contributed by atoms with Crippen molar-refractivity contribution in [3.63, 3.8) is 0 Å². The number of hydrogen-bond acceptors (Lipinski definition) is 12. The summed E-state index contributed by atoms with van der Waals surface area (Å²) >= 11 is 0. The van der Waals surface area contributed by atoms with E-state index in [0.29, 0.717) is 12.8 Å². The number of hydrogen-bond donors (Lipinski definition) is 6. The van der Waals surface area contributed by atoms with E-state index in [1.165, 1.54) is 82.7 Å². The maximum atomic E-state index is 14.8. The highest BCUT2D eigenvalue weighted by Crippen LogP contribution is 2.22. The smallest absolute Gasteiger partial charge is 0.246 e. The number of aliphatic hydroxyl groups is 1. The number of rotatable bonds is 14. The van der Waals surface area contributed by atoms with Crippen LogP contribution in [0.4, 0.5) is 0 Å². The standard InChI is InChI=1S/C58H105N11O12/c1-23-25-40-55(78)64(17)30-45(71)65(18)41(26-31(3)4)51(74)62-46(35(11)12)57(80)67(20)42(27-32(5)6)50(73)59-37(14)49(72)60-38(15)54(77)68(21)44(29-34(9)10)56(79)66(19)43(28-33(7)8)52(75)63-47(36(13)24-2)58(81)69(22)48(39(16)70)53(76)61-40/h31-44,46-48,70H,23-30H2,1-22H3,(H,59,73)(H,60,72)(H,61,76)(H,62,74)(H,63,75)/t36-,37-,38+,39+,40-,41-,42-,43-,44-,46-,47-,48-/m0/s1. The maximum absolute atomic E-state index is 14.8. The summed E-state index contributed by atoms with van der Waals surface area (Å²) in [4.78, 5) is 165. The Kier molecular flexibility index (Phi) is 30.1. The first kappa shape index (κ1) is 73.1. The maximum Gasteiger partial charge on any atom is 0.246 e. The van der Waals surface area contributed by atoms with Gasteiger partial charge < -0.3 is 61.1 Å². The Morgan fingerprint density at radius 3 is 1.27 bits per heavy atom. The lowest BCUT2D eigenvalue weighted by Gasteiger charge is -2.38. The molecule has 0 spiro atoms. The molecule has 1 aliphatic heterocycles. The number of nitrogens with one attached hydrogen (secondary N) is 5. The van der Waals surface area contributed by atoms with E-state index < -0.39 is 150 Å². The number of carbonyl (C=O) groups is 11. The van der Waals surface area contributed by atoms with Crippen molar-refractivity contribution in [3.8, 4) is 0 Å². The van der Waals surface area contributed by atoms with Gasteiger partial charge >= 0.3 is 0 Å². The number of carbonyl (C=O) groups excluding carboxylic acids is 11. The van der Waals surface area contributed by atoms with Crippen LogP contribution in [-0.2, 0) is 52.7 Å². The Hall–Kier alpha value is -5.87. The fourth-order valence-electron chi connectivity index (χ4n) is 9.94. The Balaban J connectivity index is 4.19. The van der Waals surface area contributed by atoms with Gasteiger partial charge in [0.05, 0.1) is 12.6 Å². The summed E-state index contributed by atoms with van der Waals surface area (Å²) in [5, 5.41) is 24.9. The molecule has 11 amide bonds. The molecule has 1 fully saturated rings. The zero-order valence-corrected chi connectivity index (χ0v) is 53.1. The van der Waals surface area contributed by atoms with E-state index in [1.54, 1.807) is 27.7 Å². The van der Waals surface area contributed by atoms with Gasteiger partial charge in [-0.25, -0.2) is 0 Å². The topological polar surface area (TPSA) is 288 Å². The van der Waals surface area contributed by atoms with Gasteiger partial charge in [0, 0.05) is 42.3 Å². The Bertz CT molecular complexity index is 2170. The minimum Gasteiger partial charge on any atom is -0.391 e. The van der Waals surface area contributed by atoms with Crippen LogP contribution in [-0.4, -0.2) is 215 Å². The number of likely N-dealkylation sites (N-methyl/N-ethyl adjacent to an activating group) is 6. The predicted octanol–water partition coefficient (Wildman–Crippen LogP) is 2.12. The second-order valence-electron chi connectivity index (χ2n) is 24.7. The van der Waals surface area contributed by atoms with Crippen molar-refractivity contribution in [1.29, 1.82) is 0 Å². The number of amides is 11. The molecule has 1 aliphatic rings. The van der Waals surface area contributed by atoms with E-state index in [1.807, 2.05) is 62.3 Å². The molecule has 0 unspecified atom stereocenters. The molecule has 23 heteroatoms. The van der Waals surface area contributed by atoms with Crippen LogP contribution in [0.25, 0.3) is 0 Å². The first-order valence-corrected chi connectivity index (χ1v) is 29.1. The molecular formula is C58H105N11O12. The van der Waals surface area contributed by atoms with E-state index in [2.05, 4.69) is 26.6 Å². The van der Waals surface area contributed by atoms with Crippen molar-refractivity contribution in [2.45, 2.75) is 222 Å². The van der Waals surface area contributed by atoms with Gasteiger partial charge in [0.25, 0.3) is 0 Å². The van der Waals surface area contributed by atoms with Crippen LogP contribution < -0.4 is 26.6 Å². The molecule has 0 aliphatic carbocycles. The van der Waals surface area contributed by atoms with Crippen molar-refractivity contribution in [2.75, 3.05) is 48.8 Å². The van der Waals surface area contributed by atoms with Crippen LogP contribution in [0.2, 0.25) is 0 Å². The number of nitrogens with zero attached hydrogens (tertiary/aromatic N) is 6. The van der Waals surface area contributed by atoms with Gasteiger partial charge in [-0.15, -0.1) is 0 Å². The van der Waals surface area contributed by atoms with Crippen LogP contribution in [0.3, 0.4) is 0 Å². The SMILES string of the molecule is CCC[C@@H]1NC(=O)[C@H]([C@@H](C)O)N(C)C(=O)[C@H]([C@@H](C)CC)NC(=O)[C@H](CC(C)C)N(C)C(=O)[C@H](CC(C)C)N(C)C(=O)[C@@H](C)NC(=O)[C@H](C)NC(=O)[C@H](CC(C)C)N(C)C(=O)[C@H](C(C)C)NC(=O)[C@H](CC(C)C)N(C)C(=O)CN(C)C1=O. The molecule has 0 saturated carbocycles. The lowest BCUT2D eigenvalue weighted by atomic mass is 9.94. The minimum absolute atomic E-state index is 0.102. The quantitative estimate of drug-likeness (QED) is 0.146. The molecule has 0 aromatic carbocycles. The molecule has 0 radical (unpaired) electrons. The van der Waals surface area contributed by atoms with Crippen LogP contribution in [0, 0.1) is 35.5 Å². The van der Waals surface area contributed by atoms with Gasteiger partial charge in [-0.2, -0.15) is 0 Å². The zero-order valence-electron chi connectivity index (χ0n) is 53.1. The van der Waals surface area contributed by atoms with Gasteiger partial charge in [0.15, 0.2) is 0 Å². The summed E-state index contributed by atoms with van der Waals surface area (Å²) < 4.78 is 0. The van der Waals surface area contributed by atoms with E-state index in [0.717, 1.165) is 9.80 Å². The molecule has 0 bridgehead atoms. The third kappa shape index (κ3) is 21.1. The molecule has 12 atom stereocenters. The molecule has 23 nitrogen and oxygen atoms in total. The molecule has 1 heterocycles. The lowest BCUT2D eigenvalue weighted by Crippen LogP contribution is -2.63. The van der Waals surface area contributed by atoms with Crippen molar-refractivity contribution in [2.24, 2.45) is 35.5 Å². The van der Waals surface area contributed by atoms with Gasteiger partial charge in [-0.3, -0.25) is 52.7 Å². The van der Waals surface area contributed by atoms with Crippen LogP contribution in [0.15, 0.2) is 0 Å². The van der Waals surface area contributed by atoms with Crippen LogP contribution >= 0.6 is 0 Å². The average molecular weight is 1150 g/mol. The normalized spacial score (nSPS) is 27.3. The third-order valence-electron chi connectivity index (χ3n) is 15.2. The fourth-order valence-corrected chi connectivity index (χ4v) is 9.94. The fraction of sp³-hybridized carbons (Fsp3) is 0.810. The van der Waals surface area contributed by atoms with E-state index in [4.69, 9.17) is 0 Å². The summed E-state index contributed by atoms with van der Waals surface area (Å²) in [6.45, 7) is 27.3. The van der Waals surface area contributed by atoms with E-state index in [9.17, 15) is 57.8 Å². The van der Waals surface area contributed by atoms with Gasteiger partial charge in [0.2, 0.25) is 65.0 Å². The van der Waals surface area contributed by atoms with Gasteiger partial charge in [0.1, 0.15) is 60.4 Å². The molecule has 6 N–H and O–H groups in total. The molecule has 1 saturated heterocycles. The van der Waals surface area contributed by atoms with Crippen molar-refractivity contribution in [1.82, 2.24) is 56.0 Å². The second-order valence-corrected chi connectivity index (χ2v) is 24.7. The Morgan fingerprint density at radius 2 is 0.840 bits per heavy atom. The summed E-state index contributed by atoms with van der Waals surface area (Å²) in [6, 6.07) is -12.2. The first-order chi connectivity index (χ1) is 37.4. The zero-order chi connectivity index (χ0) is 62.8. The highest BCUT2D eigenvalue weighted by atomic mass is 16.3. The molecule has 81 heavy (non-hydrogen) atoms. The average Bonchev–Trinajstić information content (AvgIpc) is 3.37. The Labute approximate surface area is 483 Å². The van der Waals surface area contributed by atoms with Crippen molar-refractivity contribution in [3.05, 3.63) is 0 Å². The molecule has 0 aromatic heterocycles. The molecular weight excluding hydrogens is 1040 g/mol. The van der Waals surface area contributed by atoms with Crippen LogP contribution in [0.5, 0.6) is 0 Å². The minimum atomic E-state index is -1.57. The summed E-state index contributed by atoms with van der Waals surface area (Å²) in [6.07, 6.45) is 0.0190. The van der Waals surface area contributed by atoms with E-state index in [-0.39, 0.29) is 55.8 Å². The third-order valence-corrected chi connectivity index (χ3v) is 15.2. The van der Waals surface area contributed by atoms with Crippen LogP contribution in [0.1, 0.15) is 156 Å². The van der Waals surface area contributed by atoms with Crippen molar-refractivity contribution < 1.29 is 57.8 Å². The highest BCUT2D eigenvalue weighted by molar-refractivity contribution is 5.99. The first-order valence-electron chi connectivity index (χ1n) is 29.1. The van der Waals surface area contributed by atoms with Crippen molar-refractivity contribution >= 4 is 65.0 Å². The van der Waals surface area contributed by atoms with Gasteiger partial charge in [-0.1, -0.05) is 103 Å². The predicted molar refractivity (Wildman–Crippen MR) is 310 cm³/mol. The summed E-state index contributed by atoms with van der Waals surface area (Å²) in [7, 11) is 8.41. The highest BCUT2D eigenvalue weighted by Gasteiger charge is 2.43. The largest absolute Gasteiger partial charge is 0.391 e. The molecule has 1 rings (SSSR count).